The SMILES string of the molecule is NC(=O)C1CCC2(CC1)CNCCO2. The molecule has 3 N–H and O–H groups in total. The predicted octanol–water partition coefficient (Wildman–Crippen LogP) is 0.0205. The molecule has 0 aromatic rings. The molecule has 2 fully saturated rings. The van der Waals surface area contributed by atoms with E-state index >= 15 is 0 Å². The molecule has 2 rings (SSSR count). The van der Waals surface area contributed by atoms with Crippen LogP contribution in [0.15, 0.2) is 0 Å². The zero-order valence-corrected chi connectivity index (χ0v) is 8.42. The van der Waals surface area contributed by atoms with Gasteiger partial charge in [0.25, 0.3) is 0 Å². The number of carbonyl (C=O) groups is 1. The monoisotopic (exact) mass is 198 g/mol. The molecule has 1 saturated heterocycles. The number of morpholine rings is 1. The molecule has 2 aliphatic rings. The second-order valence-corrected chi connectivity index (χ2v) is 4.38. The molecule has 0 bridgehead atoms. The molecular weight excluding hydrogens is 180 g/mol. The molecule has 4 nitrogen and oxygen atoms in total. The second-order valence-electron chi connectivity index (χ2n) is 4.38. The van der Waals surface area contributed by atoms with E-state index in [2.05, 4.69) is 5.32 Å². The minimum absolute atomic E-state index is 0.00417. The normalized spacial score (nSPS) is 38.4. The highest BCUT2D eigenvalue weighted by Crippen LogP contribution is 2.35. The summed E-state index contributed by atoms with van der Waals surface area (Å²) >= 11 is 0. The van der Waals surface area contributed by atoms with E-state index in [1.54, 1.807) is 0 Å². The Morgan fingerprint density at radius 1 is 1.43 bits per heavy atom. The lowest BCUT2D eigenvalue weighted by Crippen LogP contribution is -2.52. The van der Waals surface area contributed by atoms with Gasteiger partial charge in [-0.15, -0.1) is 0 Å². The van der Waals surface area contributed by atoms with Gasteiger partial charge in [0.1, 0.15) is 0 Å². The summed E-state index contributed by atoms with van der Waals surface area (Å²) in [6.45, 7) is 2.67. The molecule has 1 heterocycles. The molecule has 0 atom stereocenters. The lowest BCUT2D eigenvalue weighted by Gasteiger charge is -2.42. The topological polar surface area (TPSA) is 64.4 Å². The first-order valence-corrected chi connectivity index (χ1v) is 5.36. The van der Waals surface area contributed by atoms with Gasteiger partial charge in [-0.1, -0.05) is 0 Å². The summed E-state index contributed by atoms with van der Waals surface area (Å²) in [5.74, 6) is -0.0743. The van der Waals surface area contributed by atoms with Crippen LogP contribution in [0.2, 0.25) is 0 Å². The fourth-order valence-electron chi connectivity index (χ4n) is 2.46. The van der Waals surface area contributed by atoms with Crippen LogP contribution in [-0.2, 0) is 9.53 Å². The Bertz CT molecular complexity index is 214. The summed E-state index contributed by atoms with van der Waals surface area (Å²) in [5, 5.41) is 3.35. The maximum Gasteiger partial charge on any atom is 0.220 e. The van der Waals surface area contributed by atoms with Crippen LogP contribution in [0, 0.1) is 5.92 Å². The Morgan fingerprint density at radius 2 is 2.14 bits per heavy atom. The number of amides is 1. The molecule has 1 saturated carbocycles. The molecule has 1 aliphatic carbocycles. The molecule has 0 radical (unpaired) electrons. The van der Waals surface area contributed by atoms with Crippen LogP contribution in [0.1, 0.15) is 25.7 Å². The van der Waals surface area contributed by atoms with Crippen LogP contribution < -0.4 is 11.1 Å². The smallest absolute Gasteiger partial charge is 0.220 e. The van der Waals surface area contributed by atoms with Crippen LogP contribution in [0.5, 0.6) is 0 Å². The van der Waals surface area contributed by atoms with Crippen molar-refractivity contribution in [3.8, 4) is 0 Å². The van der Waals surface area contributed by atoms with Crippen molar-refractivity contribution in [3.05, 3.63) is 0 Å². The zero-order chi connectivity index (χ0) is 10.0. The van der Waals surface area contributed by atoms with E-state index in [9.17, 15) is 4.79 Å². The fourth-order valence-corrected chi connectivity index (χ4v) is 2.46. The number of hydrogen-bond acceptors (Lipinski definition) is 3. The number of hydrogen-bond donors (Lipinski definition) is 2. The quantitative estimate of drug-likeness (QED) is 0.624. The summed E-state index contributed by atoms with van der Waals surface area (Å²) in [6.07, 6.45) is 3.70. The fraction of sp³-hybridized carbons (Fsp3) is 0.900. The van der Waals surface area contributed by atoms with Gasteiger partial charge in [-0.3, -0.25) is 4.79 Å². The van der Waals surface area contributed by atoms with Crippen LogP contribution in [0.25, 0.3) is 0 Å². The van der Waals surface area contributed by atoms with Gasteiger partial charge in [0.15, 0.2) is 0 Å². The summed E-state index contributed by atoms with van der Waals surface area (Å²) in [7, 11) is 0. The molecule has 0 unspecified atom stereocenters. The van der Waals surface area contributed by atoms with E-state index in [0.29, 0.717) is 0 Å². The van der Waals surface area contributed by atoms with Gasteiger partial charge >= 0.3 is 0 Å². The number of carbonyl (C=O) groups excluding carboxylic acids is 1. The minimum atomic E-state index is -0.149. The van der Waals surface area contributed by atoms with Gasteiger partial charge in [0.2, 0.25) is 5.91 Å². The molecule has 0 aromatic carbocycles. The van der Waals surface area contributed by atoms with E-state index < -0.39 is 0 Å². The van der Waals surface area contributed by atoms with Gasteiger partial charge in [0.05, 0.1) is 12.2 Å². The summed E-state index contributed by atoms with van der Waals surface area (Å²) in [6, 6.07) is 0. The number of nitrogens with two attached hydrogens (primary N) is 1. The molecule has 80 valence electrons. The third kappa shape index (κ3) is 1.91. The number of ether oxygens (including phenoxy) is 1. The van der Waals surface area contributed by atoms with Crippen molar-refractivity contribution in [1.82, 2.24) is 5.32 Å². The summed E-state index contributed by atoms with van der Waals surface area (Å²) < 4.78 is 5.82. The third-order valence-electron chi connectivity index (χ3n) is 3.43. The van der Waals surface area contributed by atoms with E-state index in [1.807, 2.05) is 0 Å². The van der Waals surface area contributed by atoms with Crippen molar-refractivity contribution in [2.24, 2.45) is 11.7 Å². The first kappa shape index (κ1) is 9.93. The number of rotatable bonds is 1. The van der Waals surface area contributed by atoms with Crippen molar-refractivity contribution in [3.63, 3.8) is 0 Å². The molecule has 1 spiro atoms. The molecule has 1 aliphatic heterocycles. The van der Waals surface area contributed by atoms with Crippen molar-refractivity contribution < 1.29 is 9.53 Å². The van der Waals surface area contributed by atoms with Crippen LogP contribution in [-0.4, -0.2) is 31.2 Å². The third-order valence-corrected chi connectivity index (χ3v) is 3.43. The Labute approximate surface area is 84.2 Å². The van der Waals surface area contributed by atoms with E-state index in [4.69, 9.17) is 10.5 Å². The van der Waals surface area contributed by atoms with Gasteiger partial charge < -0.3 is 15.8 Å². The summed E-state index contributed by atoms with van der Waals surface area (Å²) in [4.78, 5) is 11.0. The first-order valence-electron chi connectivity index (χ1n) is 5.36. The molecule has 4 heteroatoms. The van der Waals surface area contributed by atoms with E-state index in [1.165, 1.54) is 0 Å². The van der Waals surface area contributed by atoms with Crippen molar-refractivity contribution in [2.45, 2.75) is 31.3 Å². The van der Waals surface area contributed by atoms with Gasteiger partial charge in [0, 0.05) is 19.0 Å². The summed E-state index contributed by atoms with van der Waals surface area (Å²) in [5.41, 5.74) is 5.29. The van der Waals surface area contributed by atoms with Gasteiger partial charge in [-0.25, -0.2) is 0 Å². The molecule has 0 aromatic heterocycles. The largest absolute Gasteiger partial charge is 0.372 e. The van der Waals surface area contributed by atoms with Crippen molar-refractivity contribution in [1.29, 1.82) is 0 Å². The Morgan fingerprint density at radius 3 is 2.64 bits per heavy atom. The Balaban J connectivity index is 1.90. The first-order chi connectivity index (χ1) is 6.72. The lowest BCUT2D eigenvalue weighted by molar-refractivity contribution is -0.128. The Kier molecular flexibility index (Phi) is 2.74. The molecular formula is C10H18N2O2. The van der Waals surface area contributed by atoms with Crippen LogP contribution >= 0.6 is 0 Å². The highest BCUT2D eigenvalue weighted by Gasteiger charge is 2.38. The van der Waals surface area contributed by atoms with Crippen molar-refractivity contribution >= 4 is 5.91 Å². The average Bonchev–Trinajstić information content (AvgIpc) is 2.19. The highest BCUT2D eigenvalue weighted by molar-refractivity contribution is 5.76. The molecule has 14 heavy (non-hydrogen) atoms. The maximum atomic E-state index is 11.0. The predicted molar refractivity (Wildman–Crippen MR) is 52.7 cm³/mol. The van der Waals surface area contributed by atoms with Gasteiger partial charge in [-0.2, -0.15) is 0 Å². The van der Waals surface area contributed by atoms with Gasteiger partial charge in [-0.05, 0) is 25.7 Å². The minimum Gasteiger partial charge on any atom is -0.372 e. The van der Waals surface area contributed by atoms with E-state index in [-0.39, 0.29) is 17.4 Å². The van der Waals surface area contributed by atoms with E-state index in [0.717, 1.165) is 45.4 Å². The van der Waals surface area contributed by atoms with Crippen molar-refractivity contribution in [2.75, 3.05) is 19.7 Å². The standard InChI is InChI=1S/C10H18N2O2/c11-9(13)8-1-3-10(4-2-8)7-12-5-6-14-10/h8,12H,1-7H2,(H2,11,13). The maximum absolute atomic E-state index is 11.0. The van der Waals surface area contributed by atoms with Crippen LogP contribution in [0.3, 0.4) is 0 Å². The highest BCUT2D eigenvalue weighted by atomic mass is 16.5. The Hall–Kier alpha value is -0.610. The second kappa shape index (κ2) is 3.87. The average molecular weight is 198 g/mol. The number of nitrogens with one attached hydrogen (secondary N) is 1. The van der Waals surface area contributed by atoms with Crippen LogP contribution in [0.4, 0.5) is 0 Å². The lowest BCUT2D eigenvalue weighted by atomic mass is 9.78. The zero-order valence-electron chi connectivity index (χ0n) is 8.42. The number of primary amides is 1. The molecule has 1 amide bonds.